The van der Waals surface area contributed by atoms with Crippen LogP contribution in [0.25, 0.3) is 0 Å². The van der Waals surface area contributed by atoms with Gasteiger partial charge >= 0.3 is 0 Å². The van der Waals surface area contributed by atoms with Crippen LogP contribution in [-0.4, -0.2) is 7.05 Å². The van der Waals surface area contributed by atoms with Crippen molar-refractivity contribution in [3.63, 3.8) is 0 Å². The van der Waals surface area contributed by atoms with Crippen LogP contribution in [0.3, 0.4) is 0 Å². The molecule has 1 saturated carbocycles. The fourth-order valence-electron chi connectivity index (χ4n) is 1.51. The topological polar surface area (TPSA) is 25.2 Å². The SMILES string of the molecule is CN[C@@H](c1ccco1)C1CC1. The van der Waals surface area contributed by atoms with Crippen LogP contribution < -0.4 is 5.32 Å². The van der Waals surface area contributed by atoms with E-state index in [9.17, 15) is 0 Å². The van der Waals surface area contributed by atoms with E-state index in [0.717, 1.165) is 11.7 Å². The molecule has 0 amide bonds. The van der Waals surface area contributed by atoms with Gasteiger partial charge in [-0.05, 0) is 37.9 Å². The lowest BCUT2D eigenvalue weighted by molar-refractivity contribution is 0.402. The molecule has 0 bridgehead atoms. The lowest BCUT2D eigenvalue weighted by Crippen LogP contribution is -2.17. The highest BCUT2D eigenvalue weighted by Gasteiger charge is 2.32. The van der Waals surface area contributed by atoms with E-state index < -0.39 is 0 Å². The van der Waals surface area contributed by atoms with Gasteiger partial charge in [-0.25, -0.2) is 0 Å². The van der Waals surface area contributed by atoms with E-state index in [2.05, 4.69) is 5.32 Å². The second-order valence-electron chi connectivity index (χ2n) is 3.12. The Morgan fingerprint density at radius 2 is 2.45 bits per heavy atom. The van der Waals surface area contributed by atoms with E-state index in [0.29, 0.717) is 6.04 Å². The highest BCUT2D eigenvalue weighted by atomic mass is 16.3. The second kappa shape index (κ2) is 2.70. The van der Waals surface area contributed by atoms with Crippen LogP contribution in [0.2, 0.25) is 0 Å². The Bertz CT molecular complexity index is 213. The summed E-state index contributed by atoms with van der Waals surface area (Å²) in [6, 6.07) is 4.44. The van der Waals surface area contributed by atoms with Crippen molar-refractivity contribution in [2.45, 2.75) is 18.9 Å². The Morgan fingerprint density at radius 3 is 2.91 bits per heavy atom. The van der Waals surface area contributed by atoms with E-state index in [1.54, 1.807) is 6.26 Å². The van der Waals surface area contributed by atoms with Crippen LogP contribution >= 0.6 is 0 Å². The molecule has 2 heteroatoms. The minimum atomic E-state index is 0.449. The summed E-state index contributed by atoms with van der Waals surface area (Å²) in [5.74, 6) is 1.89. The second-order valence-corrected chi connectivity index (χ2v) is 3.12. The van der Waals surface area contributed by atoms with Gasteiger partial charge < -0.3 is 9.73 Å². The van der Waals surface area contributed by atoms with Crippen molar-refractivity contribution in [1.29, 1.82) is 0 Å². The summed E-state index contributed by atoms with van der Waals surface area (Å²) in [6.45, 7) is 0. The lowest BCUT2D eigenvalue weighted by atomic mass is 10.1. The molecule has 1 aromatic rings. The molecule has 0 aliphatic heterocycles. The van der Waals surface area contributed by atoms with Crippen LogP contribution in [0.1, 0.15) is 24.6 Å². The molecule has 1 aliphatic rings. The van der Waals surface area contributed by atoms with Gasteiger partial charge in [-0.3, -0.25) is 0 Å². The van der Waals surface area contributed by atoms with Crippen LogP contribution in [0.15, 0.2) is 22.8 Å². The Labute approximate surface area is 66.6 Å². The third-order valence-electron chi connectivity index (χ3n) is 2.25. The number of hydrogen-bond acceptors (Lipinski definition) is 2. The maximum Gasteiger partial charge on any atom is 0.120 e. The molecule has 0 aromatic carbocycles. The molecule has 1 N–H and O–H groups in total. The number of hydrogen-bond donors (Lipinski definition) is 1. The van der Waals surface area contributed by atoms with Gasteiger partial charge in [0, 0.05) is 0 Å². The summed E-state index contributed by atoms with van der Waals surface area (Å²) >= 11 is 0. The maximum atomic E-state index is 5.33. The summed E-state index contributed by atoms with van der Waals surface area (Å²) in [5.41, 5.74) is 0. The third-order valence-corrected chi connectivity index (χ3v) is 2.25. The Hall–Kier alpha value is -0.760. The molecular weight excluding hydrogens is 138 g/mol. The first kappa shape index (κ1) is 6.92. The monoisotopic (exact) mass is 151 g/mol. The molecule has 0 radical (unpaired) electrons. The highest BCUT2D eigenvalue weighted by Crippen LogP contribution is 2.40. The average Bonchev–Trinajstić information content (AvgIpc) is 2.68. The zero-order valence-corrected chi connectivity index (χ0v) is 6.71. The van der Waals surface area contributed by atoms with Crippen LogP contribution in [0, 0.1) is 5.92 Å². The standard InChI is InChI=1S/C9H13NO/c1-10-9(7-4-5-7)8-3-2-6-11-8/h2-3,6-7,9-10H,4-5H2,1H3/t9-/m1/s1. The van der Waals surface area contributed by atoms with Crippen LogP contribution in [0.4, 0.5) is 0 Å². The lowest BCUT2D eigenvalue weighted by Gasteiger charge is -2.10. The average molecular weight is 151 g/mol. The molecular formula is C9H13NO. The quantitative estimate of drug-likeness (QED) is 0.714. The summed E-state index contributed by atoms with van der Waals surface area (Å²) in [4.78, 5) is 0. The Balaban J connectivity index is 2.11. The van der Waals surface area contributed by atoms with E-state index in [1.807, 2.05) is 19.2 Å². The first-order valence-electron chi connectivity index (χ1n) is 4.12. The van der Waals surface area contributed by atoms with Crippen molar-refractivity contribution in [2.24, 2.45) is 5.92 Å². The van der Waals surface area contributed by atoms with E-state index in [4.69, 9.17) is 4.42 Å². The molecule has 0 unspecified atom stereocenters. The molecule has 1 atom stereocenters. The minimum absolute atomic E-state index is 0.449. The van der Waals surface area contributed by atoms with Gasteiger partial charge in [-0.15, -0.1) is 0 Å². The molecule has 1 heterocycles. The highest BCUT2D eigenvalue weighted by molar-refractivity contribution is 5.08. The first-order chi connectivity index (χ1) is 5.42. The van der Waals surface area contributed by atoms with Gasteiger partial charge in [-0.1, -0.05) is 0 Å². The fourth-order valence-corrected chi connectivity index (χ4v) is 1.51. The van der Waals surface area contributed by atoms with Gasteiger partial charge in [0.15, 0.2) is 0 Å². The molecule has 1 aliphatic carbocycles. The van der Waals surface area contributed by atoms with Crippen LogP contribution in [0.5, 0.6) is 0 Å². The fraction of sp³-hybridized carbons (Fsp3) is 0.556. The summed E-state index contributed by atoms with van der Waals surface area (Å²) in [7, 11) is 1.99. The predicted molar refractivity (Wildman–Crippen MR) is 43.2 cm³/mol. The summed E-state index contributed by atoms with van der Waals surface area (Å²) in [6.07, 6.45) is 4.42. The van der Waals surface area contributed by atoms with Crippen molar-refractivity contribution in [3.8, 4) is 0 Å². The minimum Gasteiger partial charge on any atom is -0.468 e. The number of rotatable bonds is 3. The number of furan rings is 1. The van der Waals surface area contributed by atoms with Gasteiger partial charge in [0.05, 0.1) is 12.3 Å². The van der Waals surface area contributed by atoms with Crippen molar-refractivity contribution < 1.29 is 4.42 Å². The Kier molecular flexibility index (Phi) is 1.70. The third kappa shape index (κ3) is 1.31. The normalized spacial score (nSPS) is 20.1. The molecule has 11 heavy (non-hydrogen) atoms. The van der Waals surface area contributed by atoms with Gasteiger partial charge in [0.1, 0.15) is 5.76 Å². The molecule has 60 valence electrons. The number of nitrogens with one attached hydrogen (secondary N) is 1. The van der Waals surface area contributed by atoms with Crippen molar-refractivity contribution in [1.82, 2.24) is 5.32 Å². The summed E-state index contributed by atoms with van der Waals surface area (Å²) < 4.78 is 5.33. The zero-order chi connectivity index (χ0) is 7.68. The van der Waals surface area contributed by atoms with Crippen molar-refractivity contribution >= 4 is 0 Å². The largest absolute Gasteiger partial charge is 0.468 e. The molecule has 0 spiro atoms. The van der Waals surface area contributed by atoms with Gasteiger partial charge in [-0.2, -0.15) is 0 Å². The predicted octanol–water partition coefficient (Wildman–Crippen LogP) is 1.95. The summed E-state index contributed by atoms with van der Waals surface area (Å²) in [5, 5.41) is 3.27. The molecule has 0 saturated heterocycles. The van der Waals surface area contributed by atoms with E-state index in [-0.39, 0.29) is 0 Å². The molecule has 1 aromatic heterocycles. The van der Waals surface area contributed by atoms with Crippen molar-refractivity contribution in [3.05, 3.63) is 24.2 Å². The smallest absolute Gasteiger partial charge is 0.120 e. The molecule has 2 nitrogen and oxygen atoms in total. The zero-order valence-electron chi connectivity index (χ0n) is 6.71. The van der Waals surface area contributed by atoms with Gasteiger partial charge in [0.25, 0.3) is 0 Å². The van der Waals surface area contributed by atoms with E-state index >= 15 is 0 Å². The first-order valence-corrected chi connectivity index (χ1v) is 4.12. The Morgan fingerprint density at radius 1 is 1.64 bits per heavy atom. The van der Waals surface area contributed by atoms with E-state index in [1.165, 1.54) is 12.8 Å². The van der Waals surface area contributed by atoms with Crippen LogP contribution in [-0.2, 0) is 0 Å². The molecule has 2 rings (SSSR count). The van der Waals surface area contributed by atoms with Crippen molar-refractivity contribution in [2.75, 3.05) is 7.05 Å². The molecule has 1 fully saturated rings. The van der Waals surface area contributed by atoms with Gasteiger partial charge in [0.2, 0.25) is 0 Å². The maximum absolute atomic E-state index is 5.33.